The van der Waals surface area contributed by atoms with Crippen LogP contribution in [0.2, 0.25) is 0 Å². The Morgan fingerprint density at radius 3 is 2.63 bits per heavy atom. The average molecular weight is 288 g/mol. The lowest BCUT2D eigenvalue weighted by atomic mass is 9.95. The molecule has 0 aromatic heterocycles. The summed E-state index contributed by atoms with van der Waals surface area (Å²) in [4.78, 5) is 24.9. The number of carbonyl (C=O) groups is 2. The standard InChI is InChI=1S/C13H24N2O3S/c1-9(2)10-4-6-15(8-10)13(18)14-11(12(16)17)5-7-19-3/h9-11H,4-8H2,1-3H3,(H,14,18)(H,16,17)/t10?,11-/m1/s1. The number of aliphatic carboxylic acids is 1. The van der Waals surface area contributed by atoms with Crippen LogP contribution in [-0.4, -0.2) is 53.1 Å². The summed E-state index contributed by atoms with van der Waals surface area (Å²) < 4.78 is 0. The summed E-state index contributed by atoms with van der Waals surface area (Å²) in [6, 6.07) is -1.02. The summed E-state index contributed by atoms with van der Waals surface area (Å²) in [5, 5.41) is 11.7. The minimum atomic E-state index is -0.956. The molecule has 2 atom stereocenters. The summed E-state index contributed by atoms with van der Waals surface area (Å²) in [5.74, 6) is 0.859. The monoisotopic (exact) mass is 288 g/mol. The summed E-state index contributed by atoms with van der Waals surface area (Å²) in [6.45, 7) is 5.77. The van der Waals surface area contributed by atoms with Crippen LogP contribution in [0.15, 0.2) is 0 Å². The number of rotatable bonds is 6. The van der Waals surface area contributed by atoms with Gasteiger partial charge in [-0.1, -0.05) is 13.8 Å². The average Bonchev–Trinajstić information content (AvgIpc) is 2.83. The Kier molecular flexibility index (Phi) is 6.48. The highest BCUT2D eigenvalue weighted by Gasteiger charge is 2.30. The summed E-state index contributed by atoms with van der Waals surface area (Å²) in [6.07, 6.45) is 3.39. The molecule has 0 aliphatic carbocycles. The van der Waals surface area contributed by atoms with Gasteiger partial charge in [0.05, 0.1) is 0 Å². The van der Waals surface area contributed by atoms with E-state index in [0.717, 1.165) is 25.3 Å². The first-order chi connectivity index (χ1) is 8.95. The molecule has 110 valence electrons. The molecule has 0 spiro atoms. The zero-order valence-electron chi connectivity index (χ0n) is 11.9. The number of carbonyl (C=O) groups excluding carboxylic acids is 1. The van der Waals surface area contributed by atoms with Crippen LogP contribution < -0.4 is 5.32 Å². The number of nitrogens with one attached hydrogen (secondary N) is 1. The fourth-order valence-electron chi connectivity index (χ4n) is 2.25. The van der Waals surface area contributed by atoms with Gasteiger partial charge in [-0.25, -0.2) is 9.59 Å². The van der Waals surface area contributed by atoms with Crippen LogP contribution in [0.25, 0.3) is 0 Å². The highest BCUT2D eigenvalue weighted by molar-refractivity contribution is 7.98. The van der Waals surface area contributed by atoms with E-state index >= 15 is 0 Å². The number of amides is 2. The van der Waals surface area contributed by atoms with Gasteiger partial charge in [0, 0.05) is 13.1 Å². The van der Waals surface area contributed by atoms with Crippen molar-refractivity contribution in [3.63, 3.8) is 0 Å². The van der Waals surface area contributed by atoms with E-state index in [1.807, 2.05) is 6.26 Å². The predicted octanol–water partition coefficient (Wildman–Crippen LogP) is 1.88. The molecular weight excluding hydrogens is 264 g/mol. The number of likely N-dealkylation sites (tertiary alicyclic amines) is 1. The molecule has 0 radical (unpaired) electrons. The molecule has 0 aromatic rings. The molecule has 1 rings (SSSR count). The maximum Gasteiger partial charge on any atom is 0.326 e. The number of carboxylic acids is 1. The maximum absolute atomic E-state index is 12.0. The molecule has 6 heteroatoms. The molecule has 1 fully saturated rings. The molecule has 1 unspecified atom stereocenters. The van der Waals surface area contributed by atoms with Gasteiger partial charge in [-0.15, -0.1) is 0 Å². The Labute approximate surface area is 119 Å². The van der Waals surface area contributed by atoms with E-state index in [1.165, 1.54) is 0 Å². The molecule has 19 heavy (non-hydrogen) atoms. The first-order valence-corrected chi connectivity index (χ1v) is 8.12. The second-order valence-electron chi connectivity index (χ2n) is 5.36. The van der Waals surface area contributed by atoms with Gasteiger partial charge in [-0.05, 0) is 36.7 Å². The van der Waals surface area contributed by atoms with Crippen molar-refractivity contribution in [1.82, 2.24) is 10.2 Å². The van der Waals surface area contributed by atoms with Crippen molar-refractivity contribution in [3.8, 4) is 0 Å². The molecule has 5 nitrogen and oxygen atoms in total. The Balaban J connectivity index is 2.46. The predicted molar refractivity (Wildman–Crippen MR) is 77.5 cm³/mol. The molecule has 0 aromatic carbocycles. The normalized spacial score (nSPS) is 20.6. The van der Waals surface area contributed by atoms with Crippen LogP contribution in [0, 0.1) is 11.8 Å². The zero-order valence-corrected chi connectivity index (χ0v) is 12.7. The fourth-order valence-corrected chi connectivity index (χ4v) is 2.72. The van der Waals surface area contributed by atoms with E-state index in [-0.39, 0.29) is 6.03 Å². The molecule has 2 amide bonds. The molecule has 1 saturated heterocycles. The summed E-state index contributed by atoms with van der Waals surface area (Å²) in [5.41, 5.74) is 0. The third-order valence-corrected chi connectivity index (χ3v) is 4.31. The van der Waals surface area contributed by atoms with Gasteiger partial charge in [0.2, 0.25) is 0 Å². The molecule has 1 heterocycles. The van der Waals surface area contributed by atoms with Crippen LogP contribution in [-0.2, 0) is 4.79 Å². The summed E-state index contributed by atoms with van der Waals surface area (Å²) in [7, 11) is 0. The van der Waals surface area contributed by atoms with Gasteiger partial charge in [0.25, 0.3) is 0 Å². The quantitative estimate of drug-likeness (QED) is 0.783. The maximum atomic E-state index is 12.0. The number of hydrogen-bond acceptors (Lipinski definition) is 3. The van der Waals surface area contributed by atoms with Crippen molar-refractivity contribution in [2.75, 3.05) is 25.1 Å². The number of nitrogens with zero attached hydrogens (tertiary/aromatic N) is 1. The third kappa shape index (κ3) is 4.93. The molecule has 1 aliphatic heterocycles. The van der Waals surface area contributed by atoms with Crippen molar-refractivity contribution >= 4 is 23.8 Å². The summed E-state index contributed by atoms with van der Waals surface area (Å²) >= 11 is 1.58. The van der Waals surface area contributed by atoms with Crippen molar-refractivity contribution in [3.05, 3.63) is 0 Å². The van der Waals surface area contributed by atoms with Crippen molar-refractivity contribution in [2.24, 2.45) is 11.8 Å². The minimum Gasteiger partial charge on any atom is -0.480 e. The van der Waals surface area contributed by atoms with Crippen molar-refractivity contribution in [1.29, 1.82) is 0 Å². The molecule has 2 N–H and O–H groups in total. The largest absolute Gasteiger partial charge is 0.480 e. The topological polar surface area (TPSA) is 69.6 Å². The van der Waals surface area contributed by atoms with Gasteiger partial charge in [0.15, 0.2) is 0 Å². The smallest absolute Gasteiger partial charge is 0.326 e. The number of thioether (sulfide) groups is 1. The van der Waals surface area contributed by atoms with E-state index in [9.17, 15) is 9.59 Å². The van der Waals surface area contributed by atoms with E-state index in [4.69, 9.17) is 5.11 Å². The van der Waals surface area contributed by atoms with E-state index < -0.39 is 12.0 Å². The molecule has 1 aliphatic rings. The second-order valence-corrected chi connectivity index (χ2v) is 6.35. The Morgan fingerprint density at radius 2 is 2.16 bits per heavy atom. The molecular formula is C13H24N2O3S. The van der Waals surface area contributed by atoms with Crippen molar-refractivity contribution < 1.29 is 14.7 Å². The minimum absolute atomic E-state index is 0.239. The van der Waals surface area contributed by atoms with Crippen LogP contribution in [0.4, 0.5) is 4.79 Å². The van der Waals surface area contributed by atoms with Gasteiger partial charge < -0.3 is 15.3 Å². The second kappa shape index (κ2) is 7.62. The Bertz CT molecular complexity index is 323. The highest BCUT2D eigenvalue weighted by atomic mass is 32.2. The van der Waals surface area contributed by atoms with E-state index in [0.29, 0.717) is 18.3 Å². The van der Waals surface area contributed by atoms with Crippen LogP contribution >= 0.6 is 11.8 Å². The SMILES string of the molecule is CSCC[C@@H](NC(=O)N1CCC(C(C)C)C1)C(=O)O. The first-order valence-electron chi connectivity index (χ1n) is 6.72. The third-order valence-electron chi connectivity index (χ3n) is 3.66. The van der Waals surface area contributed by atoms with Gasteiger partial charge in [-0.2, -0.15) is 11.8 Å². The highest BCUT2D eigenvalue weighted by Crippen LogP contribution is 2.23. The number of hydrogen-bond donors (Lipinski definition) is 2. The Hall–Kier alpha value is -0.910. The van der Waals surface area contributed by atoms with Gasteiger partial charge in [0.1, 0.15) is 6.04 Å². The molecule has 0 bridgehead atoms. The van der Waals surface area contributed by atoms with E-state index in [2.05, 4.69) is 19.2 Å². The van der Waals surface area contributed by atoms with E-state index in [1.54, 1.807) is 16.7 Å². The van der Waals surface area contributed by atoms with Crippen LogP contribution in [0.3, 0.4) is 0 Å². The number of carboxylic acid groups (broad SMARTS) is 1. The van der Waals surface area contributed by atoms with Gasteiger partial charge in [-0.3, -0.25) is 0 Å². The van der Waals surface area contributed by atoms with Crippen molar-refractivity contribution in [2.45, 2.75) is 32.7 Å². The lowest BCUT2D eigenvalue weighted by Gasteiger charge is -2.21. The van der Waals surface area contributed by atoms with Crippen LogP contribution in [0.1, 0.15) is 26.7 Å². The number of urea groups is 1. The lowest BCUT2D eigenvalue weighted by Crippen LogP contribution is -2.47. The Morgan fingerprint density at radius 1 is 1.47 bits per heavy atom. The first kappa shape index (κ1) is 16.1. The fraction of sp³-hybridized carbons (Fsp3) is 0.846. The van der Waals surface area contributed by atoms with Crippen LogP contribution in [0.5, 0.6) is 0 Å². The lowest BCUT2D eigenvalue weighted by molar-refractivity contribution is -0.139. The zero-order chi connectivity index (χ0) is 14.4. The van der Waals surface area contributed by atoms with Gasteiger partial charge >= 0.3 is 12.0 Å². The molecule has 0 saturated carbocycles.